The smallest absolute Gasteiger partial charge is 0.0721 e. The molecule has 3 heteroatoms. The lowest BCUT2D eigenvalue weighted by molar-refractivity contribution is 0.139. The molecule has 0 amide bonds. The van der Waals surface area contributed by atoms with Gasteiger partial charge in [-0.15, -0.1) is 0 Å². The molecule has 0 aromatic heterocycles. The monoisotopic (exact) mass is 405 g/mol. The number of rotatable bonds is 13. The Morgan fingerprint density at radius 1 is 1.10 bits per heavy atom. The van der Waals surface area contributed by atoms with Crippen LogP contribution >= 0.6 is 0 Å². The summed E-state index contributed by atoms with van der Waals surface area (Å²) in [6, 6.07) is 1.23. The molecule has 0 bridgehead atoms. The molecule has 2 aliphatic carbocycles. The van der Waals surface area contributed by atoms with Crippen LogP contribution in [0.4, 0.5) is 0 Å². The van der Waals surface area contributed by atoms with Gasteiger partial charge in [0.1, 0.15) is 0 Å². The van der Waals surface area contributed by atoms with Crippen molar-refractivity contribution in [3.8, 4) is 0 Å². The maximum atomic E-state index is 10.5. The molecule has 0 aromatic carbocycles. The van der Waals surface area contributed by atoms with Crippen molar-refractivity contribution in [2.24, 2.45) is 17.8 Å². The third kappa shape index (κ3) is 7.52. The summed E-state index contributed by atoms with van der Waals surface area (Å²) in [5.74, 6) is 1.29. The van der Waals surface area contributed by atoms with Gasteiger partial charge in [-0.25, -0.2) is 0 Å². The summed E-state index contributed by atoms with van der Waals surface area (Å²) in [7, 11) is 0. The lowest BCUT2D eigenvalue weighted by Gasteiger charge is -2.30. The zero-order valence-electron chi connectivity index (χ0n) is 19.7. The van der Waals surface area contributed by atoms with E-state index in [0.717, 1.165) is 25.7 Å². The van der Waals surface area contributed by atoms with E-state index in [4.69, 9.17) is 0 Å². The van der Waals surface area contributed by atoms with Crippen LogP contribution in [0.3, 0.4) is 0 Å². The number of hydrogen-bond acceptors (Lipinski definition) is 3. The van der Waals surface area contributed by atoms with Gasteiger partial charge in [-0.3, -0.25) is 4.90 Å². The van der Waals surface area contributed by atoms with Gasteiger partial charge in [-0.1, -0.05) is 50.0 Å². The van der Waals surface area contributed by atoms with Crippen LogP contribution in [0.1, 0.15) is 92.4 Å². The molecule has 0 spiro atoms. The zero-order chi connectivity index (χ0) is 21.4. The Hall–Kier alpha value is -0.640. The first-order valence-corrected chi connectivity index (χ1v) is 12.3. The first-order chi connectivity index (χ1) is 13.8. The molecule has 29 heavy (non-hydrogen) atoms. The Bertz CT molecular complexity index is 517. The van der Waals surface area contributed by atoms with Crippen LogP contribution < -0.4 is 0 Å². The van der Waals surface area contributed by atoms with Crippen molar-refractivity contribution in [2.45, 2.75) is 117 Å². The van der Waals surface area contributed by atoms with E-state index in [1.165, 1.54) is 38.6 Å². The minimum Gasteiger partial charge on any atom is -0.392 e. The second-order valence-corrected chi connectivity index (χ2v) is 10.1. The molecular weight excluding hydrogens is 358 g/mol. The van der Waals surface area contributed by atoms with Crippen LogP contribution in [-0.2, 0) is 0 Å². The summed E-state index contributed by atoms with van der Waals surface area (Å²) in [6.07, 6.45) is 16.0. The summed E-state index contributed by atoms with van der Waals surface area (Å²) in [4.78, 5) is 2.58. The first kappa shape index (κ1) is 24.6. The highest BCUT2D eigenvalue weighted by molar-refractivity contribution is 5.21. The second-order valence-electron chi connectivity index (χ2n) is 10.1. The lowest BCUT2D eigenvalue weighted by atomic mass is 9.88. The Balaban J connectivity index is 1.76. The standard InChI is InChI=1S/C26H47NO2/c1-6-7-8-12-23(28)13-14-24-25-17-21(16-22(25)18-26(24)29)11-9-10-15-27(19(2)3)20(4)5/h13-14,16,19-20,22-26,28-29H,6-12,15,17-18H2,1-5H3/t22-,23-,24+,25-,26+/m0/s1. The molecule has 0 saturated heterocycles. The summed E-state index contributed by atoms with van der Waals surface area (Å²) >= 11 is 0. The predicted octanol–water partition coefficient (Wildman–Crippen LogP) is 5.72. The number of aliphatic hydroxyl groups excluding tert-OH is 2. The van der Waals surface area contributed by atoms with Gasteiger partial charge in [0.05, 0.1) is 12.2 Å². The first-order valence-electron chi connectivity index (χ1n) is 12.3. The Labute approximate surface area is 180 Å². The quantitative estimate of drug-likeness (QED) is 0.304. The number of fused-ring (bicyclic) bond motifs is 1. The molecular formula is C26H47NO2. The lowest BCUT2D eigenvalue weighted by Crippen LogP contribution is -2.37. The van der Waals surface area contributed by atoms with Gasteiger partial charge in [0, 0.05) is 18.0 Å². The van der Waals surface area contributed by atoms with E-state index >= 15 is 0 Å². The molecule has 0 unspecified atom stereocenters. The van der Waals surface area contributed by atoms with Crippen molar-refractivity contribution in [3.05, 3.63) is 23.8 Å². The summed E-state index contributed by atoms with van der Waals surface area (Å²) in [6.45, 7) is 12.5. The highest BCUT2D eigenvalue weighted by atomic mass is 16.3. The van der Waals surface area contributed by atoms with Crippen LogP contribution in [0.15, 0.2) is 23.8 Å². The molecule has 2 N–H and O–H groups in total. The molecule has 0 heterocycles. The van der Waals surface area contributed by atoms with E-state index in [2.05, 4.69) is 51.7 Å². The molecule has 1 saturated carbocycles. The zero-order valence-corrected chi connectivity index (χ0v) is 19.7. The Morgan fingerprint density at radius 2 is 1.83 bits per heavy atom. The van der Waals surface area contributed by atoms with Crippen molar-refractivity contribution in [3.63, 3.8) is 0 Å². The Kier molecular flexibility index (Phi) is 10.4. The highest BCUT2D eigenvalue weighted by Crippen LogP contribution is 2.48. The second kappa shape index (κ2) is 12.3. The van der Waals surface area contributed by atoms with Gasteiger partial charge >= 0.3 is 0 Å². The van der Waals surface area contributed by atoms with Gasteiger partial charge in [0.15, 0.2) is 0 Å². The fourth-order valence-corrected chi connectivity index (χ4v) is 5.51. The van der Waals surface area contributed by atoms with Gasteiger partial charge in [0.25, 0.3) is 0 Å². The summed E-state index contributed by atoms with van der Waals surface area (Å²) in [5.41, 5.74) is 1.61. The maximum absolute atomic E-state index is 10.5. The highest BCUT2D eigenvalue weighted by Gasteiger charge is 2.43. The van der Waals surface area contributed by atoms with Crippen molar-refractivity contribution in [2.75, 3.05) is 6.54 Å². The Morgan fingerprint density at radius 3 is 2.48 bits per heavy atom. The third-order valence-corrected chi connectivity index (χ3v) is 7.10. The average Bonchev–Trinajstić information content (AvgIpc) is 3.15. The minimum absolute atomic E-state index is 0.215. The summed E-state index contributed by atoms with van der Waals surface area (Å²) in [5, 5.41) is 20.7. The molecule has 0 radical (unpaired) electrons. The van der Waals surface area contributed by atoms with E-state index < -0.39 is 0 Å². The molecule has 1 fully saturated rings. The fraction of sp³-hybridized carbons (Fsp3) is 0.846. The van der Waals surface area contributed by atoms with Crippen LogP contribution in [0.2, 0.25) is 0 Å². The summed E-state index contributed by atoms with van der Waals surface area (Å²) < 4.78 is 0. The molecule has 3 nitrogen and oxygen atoms in total. The molecule has 168 valence electrons. The minimum atomic E-state index is -0.355. The normalized spacial score (nSPS) is 28.1. The van der Waals surface area contributed by atoms with Crippen LogP contribution in [-0.4, -0.2) is 45.9 Å². The van der Waals surface area contributed by atoms with Crippen molar-refractivity contribution in [1.82, 2.24) is 4.90 Å². The van der Waals surface area contributed by atoms with E-state index in [-0.39, 0.29) is 18.1 Å². The molecule has 5 atom stereocenters. The van der Waals surface area contributed by atoms with Gasteiger partial charge < -0.3 is 10.2 Å². The molecule has 0 aromatic rings. The van der Waals surface area contributed by atoms with Crippen molar-refractivity contribution in [1.29, 1.82) is 0 Å². The third-order valence-electron chi connectivity index (χ3n) is 7.10. The number of unbranched alkanes of at least 4 members (excludes halogenated alkanes) is 3. The number of aliphatic hydroxyl groups is 2. The number of hydrogen-bond donors (Lipinski definition) is 2. The van der Waals surface area contributed by atoms with E-state index in [1.807, 2.05) is 6.08 Å². The predicted molar refractivity (Wildman–Crippen MR) is 124 cm³/mol. The van der Waals surface area contributed by atoms with Crippen LogP contribution in [0, 0.1) is 17.8 Å². The fourth-order valence-electron chi connectivity index (χ4n) is 5.51. The van der Waals surface area contributed by atoms with Crippen LogP contribution in [0.25, 0.3) is 0 Å². The van der Waals surface area contributed by atoms with Crippen molar-refractivity contribution < 1.29 is 10.2 Å². The molecule has 0 aliphatic heterocycles. The SMILES string of the molecule is CCCCC[C@H](O)C=C[C@@H]1[C@H]2CC(CCCCN(C(C)C)C(C)C)=C[C@H]2C[C@H]1O. The largest absolute Gasteiger partial charge is 0.392 e. The maximum Gasteiger partial charge on any atom is 0.0721 e. The van der Waals surface area contributed by atoms with Gasteiger partial charge in [-0.05, 0) is 84.6 Å². The van der Waals surface area contributed by atoms with Crippen LogP contribution in [0.5, 0.6) is 0 Å². The van der Waals surface area contributed by atoms with Crippen molar-refractivity contribution >= 4 is 0 Å². The van der Waals surface area contributed by atoms with Gasteiger partial charge in [-0.2, -0.15) is 0 Å². The average molecular weight is 406 g/mol. The van der Waals surface area contributed by atoms with E-state index in [0.29, 0.717) is 23.9 Å². The number of nitrogens with zero attached hydrogens (tertiary/aromatic N) is 1. The molecule has 2 aliphatic rings. The van der Waals surface area contributed by atoms with E-state index in [1.54, 1.807) is 5.57 Å². The van der Waals surface area contributed by atoms with E-state index in [9.17, 15) is 10.2 Å². The number of allylic oxidation sites excluding steroid dienone is 2. The van der Waals surface area contributed by atoms with Gasteiger partial charge in [0.2, 0.25) is 0 Å². The topological polar surface area (TPSA) is 43.7 Å². The molecule has 2 rings (SSSR count).